The predicted molar refractivity (Wildman–Crippen MR) is 230 cm³/mol. The van der Waals surface area contributed by atoms with E-state index in [0.29, 0.717) is 24.5 Å². The highest BCUT2D eigenvalue weighted by Gasteiger charge is 2.18. The summed E-state index contributed by atoms with van der Waals surface area (Å²) >= 11 is 1.81. The molecule has 302 valence electrons. The van der Waals surface area contributed by atoms with Crippen LogP contribution in [0.4, 0.5) is 10.5 Å². The average molecular weight is 774 g/mol. The molecule has 0 spiro atoms. The molecule has 3 heterocycles. The molecule has 2 aromatic heterocycles. The molecule has 0 saturated carbocycles. The summed E-state index contributed by atoms with van der Waals surface area (Å²) in [6.07, 6.45) is 23.5. The van der Waals surface area contributed by atoms with Crippen molar-refractivity contribution in [3.8, 4) is 5.75 Å². The number of rotatable bonds is 27. The van der Waals surface area contributed by atoms with Gasteiger partial charge in [-0.25, -0.2) is 4.79 Å². The monoisotopic (exact) mass is 773 g/mol. The molecule has 2 aromatic carbocycles. The Balaban J connectivity index is 0.891. The molecule has 4 aromatic rings. The standard InChI is InChI=1S/C46H67N3O5S/c1-2-3-4-5-6-7-8-9-10-11-12-13-14-15-16-17-19-35-53-46(51)54-38-49-43-37-40(26-24-39(43)25-27-45(49)50)52-34-20-18-29-47-30-32-48(33-31-47)42-22-21-23-44-41(42)28-36-55-44/h21-28,36-37H,2-20,29-35,38H2,1H3. The molecule has 9 heteroatoms. The van der Waals surface area contributed by atoms with Crippen molar-refractivity contribution < 1.29 is 19.0 Å². The summed E-state index contributed by atoms with van der Waals surface area (Å²) in [6.45, 7) is 8.31. The molecule has 0 unspecified atom stereocenters. The van der Waals surface area contributed by atoms with E-state index in [-0.39, 0.29) is 12.3 Å². The third-order valence-corrected chi connectivity index (χ3v) is 11.9. The molecule has 55 heavy (non-hydrogen) atoms. The summed E-state index contributed by atoms with van der Waals surface area (Å²) in [5.74, 6) is 0.699. The van der Waals surface area contributed by atoms with Crippen LogP contribution in [0, 0.1) is 0 Å². The van der Waals surface area contributed by atoms with E-state index in [4.69, 9.17) is 14.2 Å². The number of ether oxygens (including phenoxy) is 3. The highest BCUT2D eigenvalue weighted by atomic mass is 32.1. The van der Waals surface area contributed by atoms with Gasteiger partial charge in [0.05, 0.1) is 18.7 Å². The highest BCUT2D eigenvalue weighted by molar-refractivity contribution is 7.17. The molecule has 8 nitrogen and oxygen atoms in total. The van der Waals surface area contributed by atoms with E-state index >= 15 is 0 Å². The predicted octanol–water partition coefficient (Wildman–Crippen LogP) is 12.0. The number of hydrogen-bond donors (Lipinski definition) is 0. The van der Waals surface area contributed by atoms with Gasteiger partial charge in [0, 0.05) is 54.1 Å². The van der Waals surface area contributed by atoms with Crippen molar-refractivity contribution >= 4 is 44.2 Å². The fourth-order valence-corrected chi connectivity index (χ4v) is 8.53. The number of unbranched alkanes of at least 4 members (excludes halogenated alkanes) is 17. The minimum Gasteiger partial charge on any atom is -0.494 e. The summed E-state index contributed by atoms with van der Waals surface area (Å²) in [7, 11) is 0. The molecule has 0 radical (unpaired) electrons. The Bertz CT molecular complexity index is 1730. The van der Waals surface area contributed by atoms with Crippen molar-refractivity contribution in [1.29, 1.82) is 0 Å². The van der Waals surface area contributed by atoms with Gasteiger partial charge in [-0.3, -0.25) is 14.3 Å². The third kappa shape index (κ3) is 14.8. The number of anilines is 1. The molecule has 0 atom stereocenters. The van der Waals surface area contributed by atoms with Crippen LogP contribution in [0.15, 0.2) is 64.8 Å². The second kappa shape index (κ2) is 24.8. The van der Waals surface area contributed by atoms with Gasteiger partial charge in [0.2, 0.25) is 0 Å². The lowest BCUT2D eigenvalue weighted by Gasteiger charge is -2.36. The van der Waals surface area contributed by atoms with Crippen LogP contribution in [0.3, 0.4) is 0 Å². The summed E-state index contributed by atoms with van der Waals surface area (Å²) in [4.78, 5) is 30.2. The molecule has 0 amide bonds. The van der Waals surface area contributed by atoms with Gasteiger partial charge in [0.15, 0.2) is 6.73 Å². The lowest BCUT2D eigenvalue weighted by molar-refractivity contribution is 0.0331. The molecule has 1 aliphatic rings. The van der Waals surface area contributed by atoms with Crippen LogP contribution in [0.25, 0.3) is 21.0 Å². The minimum absolute atomic E-state index is 0.201. The number of carbonyl (C=O) groups is 1. The van der Waals surface area contributed by atoms with E-state index in [1.165, 1.54) is 116 Å². The zero-order valence-corrected chi connectivity index (χ0v) is 34.5. The number of fused-ring (bicyclic) bond motifs is 2. The number of aromatic nitrogens is 1. The maximum absolute atomic E-state index is 12.8. The molecule has 0 aliphatic carbocycles. The van der Waals surface area contributed by atoms with Gasteiger partial charge in [0.25, 0.3) is 5.56 Å². The van der Waals surface area contributed by atoms with Gasteiger partial charge >= 0.3 is 6.16 Å². The quantitative estimate of drug-likeness (QED) is 0.0441. The summed E-state index contributed by atoms with van der Waals surface area (Å²) in [5.41, 5.74) is 1.79. The number of pyridine rings is 1. The lowest BCUT2D eigenvalue weighted by atomic mass is 10.0. The van der Waals surface area contributed by atoms with Crippen molar-refractivity contribution in [3.63, 3.8) is 0 Å². The molecular weight excluding hydrogens is 707 g/mol. The van der Waals surface area contributed by atoms with E-state index in [1.54, 1.807) is 17.4 Å². The number of benzene rings is 2. The van der Waals surface area contributed by atoms with E-state index < -0.39 is 6.16 Å². The van der Waals surface area contributed by atoms with Gasteiger partial charge in [-0.05, 0) is 73.0 Å². The largest absolute Gasteiger partial charge is 0.510 e. The van der Waals surface area contributed by atoms with Crippen LogP contribution in [0.5, 0.6) is 5.75 Å². The van der Waals surface area contributed by atoms with Gasteiger partial charge in [-0.15, -0.1) is 11.3 Å². The molecule has 0 N–H and O–H groups in total. The molecule has 0 bridgehead atoms. The first-order chi connectivity index (χ1) is 27.1. The first-order valence-corrected chi connectivity index (χ1v) is 22.5. The lowest BCUT2D eigenvalue weighted by Crippen LogP contribution is -2.46. The van der Waals surface area contributed by atoms with Crippen LogP contribution < -0.4 is 15.2 Å². The molecule has 1 saturated heterocycles. The summed E-state index contributed by atoms with van der Waals surface area (Å²) in [5, 5.41) is 4.42. The van der Waals surface area contributed by atoms with Crippen molar-refractivity contribution in [1.82, 2.24) is 9.47 Å². The van der Waals surface area contributed by atoms with Crippen LogP contribution >= 0.6 is 11.3 Å². The maximum atomic E-state index is 12.8. The Morgan fingerprint density at radius 1 is 0.673 bits per heavy atom. The van der Waals surface area contributed by atoms with Crippen molar-refractivity contribution in [2.45, 2.75) is 136 Å². The van der Waals surface area contributed by atoms with Crippen LogP contribution in [0.1, 0.15) is 129 Å². The number of piperazine rings is 1. The van der Waals surface area contributed by atoms with E-state index in [0.717, 1.165) is 70.2 Å². The maximum Gasteiger partial charge on any atom is 0.510 e. The first kappa shape index (κ1) is 42.6. The van der Waals surface area contributed by atoms with Crippen molar-refractivity contribution in [2.24, 2.45) is 0 Å². The van der Waals surface area contributed by atoms with Crippen molar-refractivity contribution in [3.05, 3.63) is 70.3 Å². The van der Waals surface area contributed by atoms with Gasteiger partial charge < -0.3 is 19.1 Å². The van der Waals surface area contributed by atoms with Gasteiger partial charge in [-0.2, -0.15) is 0 Å². The normalized spacial score (nSPS) is 13.5. The third-order valence-electron chi connectivity index (χ3n) is 11.1. The first-order valence-electron chi connectivity index (χ1n) is 21.6. The van der Waals surface area contributed by atoms with Crippen LogP contribution in [0.2, 0.25) is 0 Å². The Morgan fingerprint density at radius 2 is 1.31 bits per heavy atom. The highest BCUT2D eigenvalue weighted by Crippen LogP contribution is 2.31. The zero-order chi connectivity index (χ0) is 38.3. The van der Waals surface area contributed by atoms with Crippen LogP contribution in [-0.2, 0) is 16.2 Å². The molecular formula is C46H67N3O5S. The zero-order valence-electron chi connectivity index (χ0n) is 33.7. The molecule has 1 aliphatic heterocycles. The second-order valence-electron chi connectivity index (χ2n) is 15.3. The van der Waals surface area contributed by atoms with E-state index in [2.05, 4.69) is 46.4 Å². The SMILES string of the molecule is CCCCCCCCCCCCCCCCCCCOC(=O)OCn1c(=O)ccc2ccc(OCCCCN3CCN(c4cccc5sccc45)CC3)cc21. The Morgan fingerprint density at radius 3 is 2.00 bits per heavy atom. The fourth-order valence-electron chi connectivity index (χ4n) is 7.73. The number of carbonyl (C=O) groups excluding carboxylic acids is 1. The minimum atomic E-state index is -0.742. The van der Waals surface area contributed by atoms with Crippen LogP contribution in [-0.4, -0.2) is 61.6 Å². The second-order valence-corrected chi connectivity index (χ2v) is 16.3. The summed E-state index contributed by atoms with van der Waals surface area (Å²) in [6, 6.07) is 17.9. The van der Waals surface area contributed by atoms with Gasteiger partial charge in [-0.1, -0.05) is 116 Å². The topological polar surface area (TPSA) is 73.2 Å². The summed E-state index contributed by atoms with van der Waals surface area (Å²) < 4.78 is 19.6. The van der Waals surface area contributed by atoms with Gasteiger partial charge in [0.1, 0.15) is 5.75 Å². The molecule has 1 fully saturated rings. The number of thiophene rings is 1. The van der Waals surface area contributed by atoms with E-state index in [1.807, 2.05) is 18.2 Å². The molecule has 5 rings (SSSR count). The average Bonchev–Trinajstić information content (AvgIpc) is 3.70. The number of nitrogens with zero attached hydrogens (tertiary/aromatic N) is 3. The Hall–Kier alpha value is -3.56. The smallest absolute Gasteiger partial charge is 0.494 e. The number of hydrogen-bond acceptors (Lipinski definition) is 8. The fraction of sp³-hybridized carbons (Fsp3) is 0.609. The van der Waals surface area contributed by atoms with E-state index in [9.17, 15) is 9.59 Å². The Kier molecular flexibility index (Phi) is 19.2. The Labute approximate surface area is 334 Å². The van der Waals surface area contributed by atoms with Crippen molar-refractivity contribution in [2.75, 3.05) is 50.8 Å².